The first-order valence-electron chi connectivity index (χ1n) is 10.1. The van der Waals surface area contributed by atoms with E-state index in [0.717, 1.165) is 16.9 Å². The zero-order chi connectivity index (χ0) is 23.4. The second-order valence-electron chi connectivity index (χ2n) is 7.75. The number of carbonyl (C=O) groups is 2. The Labute approximate surface area is 191 Å². The summed E-state index contributed by atoms with van der Waals surface area (Å²) in [5.74, 6) is -1.11. The van der Waals surface area contributed by atoms with Gasteiger partial charge in [0.25, 0.3) is 5.91 Å². The first-order chi connectivity index (χ1) is 15.8. The number of rotatable bonds is 3. The van der Waals surface area contributed by atoms with Crippen LogP contribution in [0.1, 0.15) is 48.7 Å². The first kappa shape index (κ1) is 20.9. The monoisotopic (exact) mass is 462 g/mol. The molecule has 1 atom stereocenters. The Morgan fingerprint density at radius 1 is 1.15 bits per heavy atom. The number of fused-ring (bicyclic) bond motifs is 2. The fourth-order valence-corrected chi connectivity index (χ4v) is 5.04. The summed E-state index contributed by atoms with van der Waals surface area (Å²) in [6.45, 7) is 3.52. The standard InChI is InChI=1S/C24H18N2O6S/c1-11-4-9-16-15(10-11)19(28)17-18(13-5-7-14(27)8-6-13)26(22(29)20(17)32-16)24-25-12(2)21(33-24)23(30)31-3/h4-10,18,27H,1-3H3/t18-/m1/s1. The third-order valence-electron chi connectivity index (χ3n) is 5.60. The minimum absolute atomic E-state index is 0.0501. The molecule has 4 aromatic rings. The van der Waals surface area contributed by atoms with Gasteiger partial charge in [0.15, 0.2) is 10.6 Å². The summed E-state index contributed by atoms with van der Waals surface area (Å²) in [5.41, 5.74) is 2.08. The van der Waals surface area contributed by atoms with Gasteiger partial charge < -0.3 is 14.3 Å². The molecule has 0 saturated heterocycles. The van der Waals surface area contributed by atoms with Gasteiger partial charge in [-0.25, -0.2) is 9.78 Å². The SMILES string of the molecule is COC(=O)c1sc(N2C(=O)c3oc4ccc(C)cc4c(=O)c3[C@H]2c2ccc(O)cc2)nc1C. The van der Waals surface area contributed by atoms with Crippen LogP contribution in [0.2, 0.25) is 0 Å². The number of benzene rings is 2. The van der Waals surface area contributed by atoms with Crippen molar-refractivity contribution >= 4 is 39.3 Å². The zero-order valence-corrected chi connectivity index (χ0v) is 18.7. The summed E-state index contributed by atoms with van der Waals surface area (Å²) in [7, 11) is 1.27. The van der Waals surface area contributed by atoms with Gasteiger partial charge in [0.05, 0.1) is 29.8 Å². The molecule has 1 amide bonds. The number of phenols is 1. The number of nitrogens with zero attached hydrogens (tertiary/aromatic N) is 2. The van der Waals surface area contributed by atoms with Crippen LogP contribution in [0.15, 0.2) is 51.7 Å². The van der Waals surface area contributed by atoms with Crippen LogP contribution in [0.5, 0.6) is 5.75 Å². The maximum Gasteiger partial charge on any atom is 0.350 e. The van der Waals surface area contributed by atoms with Crippen LogP contribution in [0, 0.1) is 13.8 Å². The smallest absolute Gasteiger partial charge is 0.350 e. The van der Waals surface area contributed by atoms with Crippen LogP contribution >= 0.6 is 11.3 Å². The third-order valence-corrected chi connectivity index (χ3v) is 6.73. The van der Waals surface area contributed by atoms with Crippen molar-refractivity contribution in [3.63, 3.8) is 0 Å². The fraction of sp³-hybridized carbons (Fsp3) is 0.167. The summed E-state index contributed by atoms with van der Waals surface area (Å²) in [6.07, 6.45) is 0. The first-order valence-corrected chi connectivity index (χ1v) is 10.9. The Morgan fingerprint density at radius 2 is 1.88 bits per heavy atom. The molecule has 1 aliphatic rings. The van der Waals surface area contributed by atoms with Crippen molar-refractivity contribution in [2.24, 2.45) is 0 Å². The number of aromatic nitrogens is 1. The van der Waals surface area contributed by atoms with Crippen molar-refractivity contribution in [1.29, 1.82) is 0 Å². The predicted molar refractivity (Wildman–Crippen MR) is 122 cm³/mol. The van der Waals surface area contributed by atoms with Crippen LogP contribution in [-0.2, 0) is 4.74 Å². The molecule has 1 N–H and O–H groups in total. The van der Waals surface area contributed by atoms with E-state index < -0.39 is 17.9 Å². The largest absolute Gasteiger partial charge is 0.508 e. The van der Waals surface area contributed by atoms with E-state index in [0.29, 0.717) is 22.2 Å². The van der Waals surface area contributed by atoms with Gasteiger partial charge in [-0.3, -0.25) is 14.5 Å². The number of aromatic hydroxyl groups is 1. The normalized spacial score (nSPS) is 15.2. The maximum absolute atomic E-state index is 13.6. The number of hydrogen-bond acceptors (Lipinski definition) is 8. The predicted octanol–water partition coefficient (Wildman–Crippen LogP) is 4.11. The van der Waals surface area contributed by atoms with Gasteiger partial charge >= 0.3 is 5.97 Å². The van der Waals surface area contributed by atoms with Crippen LogP contribution < -0.4 is 10.3 Å². The summed E-state index contributed by atoms with van der Waals surface area (Å²) in [5, 5.41) is 10.4. The van der Waals surface area contributed by atoms with E-state index in [2.05, 4.69) is 4.98 Å². The summed E-state index contributed by atoms with van der Waals surface area (Å²) >= 11 is 1.00. The molecule has 166 valence electrons. The van der Waals surface area contributed by atoms with E-state index in [1.54, 1.807) is 37.3 Å². The number of anilines is 1. The lowest BCUT2D eigenvalue weighted by molar-refractivity contribution is 0.0605. The number of thiazole rings is 1. The molecule has 2 aromatic carbocycles. The number of phenolic OH excluding ortho intramolecular Hbond substituents is 1. The summed E-state index contributed by atoms with van der Waals surface area (Å²) in [4.78, 5) is 45.4. The van der Waals surface area contributed by atoms with Crippen LogP contribution in [0.25, 0.3) is 11.0 Å². The molecular weight excluding hydrogens is 444 g/mol. The van der Waals surface area contributed by atoms with E-state index in [1.165, 1.54) is 24.1 Å². The number of amides is 1. The molecule has 1 aliphatic heterocycles. The van der Waals surface area contributed by atoms with Crippen molar-refractivity contribution in [3.05, 3.63) is 85.7 Å². The van der Waals surface area contributed by atoms with Gasteiger partial charge in [0, 0.05) is 0 Å². The Bertz CT molecular complexity index is 1500. The minimum atomic E-state index is -0.842. The molecule has 0 radical (unpaired) electrons. The average Bonchev–Trinajstić information content (AvgIpc) is 3.32. The lowest BCUT2D eigenvalue weighted by atomic mass is 9.98. The van der Waals surface area contributed by atoms with Gasteiger partial charge in [0.2, 0.25) is 5.76 Å². The molecule has 2 aromatic heterocycles. The number of carbonyl (C=O) groups excluding carboxylic acids is 2. The summed E-state index contributed by atoms with van der Waals surface area (Å²) in [6, 6.07) is 10.6. The molecule has 0 spiro atoms. The molecule has 33 heavy (non-hydrogen) atoms. The van der Waals surface area contributed by atoms with E-state index in [1.807, 2.05) is 6.92 Å². The second-order valence-corrected chi connectivity index (χ2v) is 8.72. The molecule has 0 saturated carbocycles. The molecule has 5 rings (SSSR count). The van der Waals surface area contributed by atoms with Crippen molar-refractivity contribution < 1.29 is 23.8 Å². The van der Waals surface area contributed by atoms with Crippen molar-refractivity contribution in [2.45, 2.75) is 19.9 Å². The average molecular weight is 462 g/mol. The number of hydrogen-bond donors (Lipinski definition) is 1. The van der Waals surface area contributed by atoms with Gasteiger partial charge in [0.1, 0.15) is 16.2 Å². The van der Waals surface area contributed by atoms with Crippen LogP contribution in [0.4, 0.5) is 5.13 Å². The third kappa shape index (κ3) is 3.20. The number of esters is 1. The topological polar surface area (TPSA) is 110 Å². The molecule has 0 bridgehead atoms. The van der Waals surface area contributed by atoms with E-state index in [9.17, 15) is 19.5 Å². The van der Waals surface area contributed by atoms with Crippen LogP contribution in [-0.4, -0.2) is 29.1 Å². The Kier molecular flexibility index (Phi) is 4.79. The van der Waals surface area contributed by atoms with Crippen molar-refractivity contribution in [3.8, 4) is 5.75 Å². The highest BCUT2D eigenvalue weighted by atomic mass is 32.1. The van der Waals surface area contributed by atoms with Gasteiger partial charge in [-0.15, -0.1) is 0 Å². The number of methoxy groups -OCH3 is 1. The van der Waals surface area contributed by atoms with Crippen LogP contribution in [0.3, 0.4) is 0 Å². The molecular formula is C24H18N2O6S. The highest BCUT2D eigenvalue weighted by Crippen LogP contribution is 2.43. The Morgan fingerprint density at radius 3 is 2.58 bits per heavy atom. The van der Waals surface area contributed by atoms with Crippen molar-refractivity contribution in [1.82, 2.24) is 4.98 Å². The zero-order valence-electron chi connectivity index (χ0n) is 17.9. The highest BCUT2D eigenvalue weighted by Gasteiger charge is 2.45. The quantitative estimate of drug-likeness (QED) is 0.456. The molecule has 8 nitrogen and oxygen atoms in total. The Hall–Kier alpha value is -3.98. The number of aryl methyl sites for hydroxylation is 2. The van der Waals surface area contributed by atoms with Gasteiger partial charge in [-0.2, -0.15) is 0 Å². The van der Waals surface area contributed by atoms with Gasteiger partial charge in [-0.05, 0) is 43.7 Å². The fourth-order valence-electron chi connectivity index (χ4n) is 4.02. The van der Waals surface area contributed by atoms with E-state index in [-0.39, 0.29) is 32.5 Å². The minimum Gasteiger partial charge on any atom is -0.508 e. The lowest BCUT2D eigenvalue weighted by Crippen LogP contribution is -2.29. The van der Waals surface area contributed by atoms with E-state index in [4.69, 9.17) is 9.15 Å². The Balaban J connectivity index is 1.78. The van der Waals surface area contributed by atoms with Crippen molar-refractivity contribution in [2.75, 3.05) is 12.0 Å². The highest BCUT2D eigenvalue weighted by molar-refractivity contribution is 7.17. The number of ether oxygens (including phenoxy) is 1. The van der Waals surface area contributed by atoms with E-state index >= 15 is 0 Å². The lowest BCUT2D eigenvalue weighted by Gasteiger charge is -2.22. The second kappa shape index (κ2) is 7.56. The molecule has 0 unspecified atom stereocenters. The van der Waals surface area contributed by atoms with Gasteiger partial charge in [-0.1, -0.05) is 35.1 Å². The molecule has 0 aliphatic carbocycles. The molecule has 9 heteroatoms. The maximum atomic E-state index is 13.6. The molecule has 3 heterocycles. The summed E-state index contributed by atoms with van der Waals surface area (Å²) < 4.78 is 10.8. The molecule has 0 fully saturated rings.